The van der Waals surface area contributed by atoms with E-state index in [0.29, 0.717) is 12.3 Å². The number of nitrogens with one attached hydrogen (secondary N) is 2. The summed E-state index contributed by atoms with van der Waals surface area (Å²) >= 11 is 1.13. The molecule has 0 aliphatic rings. The standard InChI is InChI=1S/C17H17N5O4S/c1-11-2-4-12(5-3-11)18-14(24)10-27-17-21-20-15(26-17)7-9-22-8-6-13(23)19-16(22)25/h2-6,8H,7,9-10H2,1H3,(H,18,24)(H,19,23,25). The maximum atomic E-state index is 12.0. The zero-order chi connectivity index (χ0) is 19.2. The minimum Gasteiger partial charge on any atom is -0.416 e. The van der Waals surface area contributed by atoms with Gasteiger partial charge in [-0.1, -0.05) is 29.5 Å². The summed E-state index contributed by atoms with van der Waals surface area (Å²) in [5.41, 5.74) is 0.898. The summed E-state index contributed by atoms with van der Waals surface area (Å²) in [6.45, 7) is 2.26. The lowest BCUT2D eigenvalue weighted by atomic mass is 10.2. The molecule has 9 nitrogen and oxygen atoms in total. The molecule has 140 valence electrons. The van der Waals surface area contributed by atoms with Crippen LogP contribution >= 0.6 is 11.8 Å². The van der Waals surface area contributed by atoms with Crippen LogP contribution in [-0.4, -0.2) is 31.4 Å². The predicted molar refractivity (Wildman–Crippen MR) is 99.9 cm³/mol. The van der Waals surface area contributed by atoms with Crippen LogP contribution in [0.25, 0.3) is 0 Å². The van der Waals surface area contributed by atoms with E-state index in [1.54, 1.807) is 0 Å². The van der Waals surface area contributed by atoms with Crippen molar-refractivity contribution in [3.8, 4) is 0 Å². The SMILES string of the molecule is Cc1ccc(NC(=O)CSc2nnc(CCn3ccc(=O)[nH]c3=O)o2)cc1. The Kier molecular flexibility index (Phi) is 5.87. The summed E-state index contributed by atoms with van der Waals surface area (Å²) in [7, 11) is 0. The number of hydrogen-bond donors (Lipinski definition) is 2. The zero-order valence-electron chi connectivity index (χ0n) is 14.5. The molecule has 2 N–H and O–H groups in total. The Morgan fingerprint density at radius 2 is 2.00 bits per heavy atom. The second kappa shape index (κ2) is 8.49. The number of carbonyl (C=O) groups is 1. The van der Waals surface area contributed by atoms with Gasteiger partial charge in [-0.2, -0.15) is 0 Å². The van der Waals surface area contributed by atoms with E-state index in [2.05, 4.69) is 20.5 Å². The van der Waals surface area contributed by atoms with E-state index in [9.17, 15) is 14.4 Å². The van der Waals surface area contributed by atoms with Gasteiger partial charge in [-0.3, -0.25) is 14.6 Å². The Bertz CT molecular complexity index is 1040. The monoisotopic (exact) mass is 387 g/mol. The van der Waals surface area contributed by atoms with E-state index in [0.717, 1.165) is 23.0 Å². The first-order valence-corrected chi connectivity index (χ1v) is 9.09. The molecular weight excluding hydrogens is 370 g/mol. The molecule has 0 unspecified atom stereocenters. The maximum Gasteiger partial charge on any atom is 0.328 e. The maximum absolute atomic E-state index is 12.0. The van der Waals surface area contributed by atoms with E-state index in [1.165, 1.54) is 16.8 Å². The number of H-pyrrole nitrogens is 1. The number of amides is 1. The van der Waals surface area contributed by atoms with Crippen molar-refractivity contribution in [3.63, 3.8) is 0 Å². The lowest BCUT2D eigenvalue weighted by molar-refractivity contribution is -0.113. The Morgan fingerprint density at radius 3 is 2.74 bits per heavy atom. The fraction of sp³-hybridized carbons (Fsp3) is 0.235. The molecule has 1 amide bonds. The number of nitrogens with zero attached hydrogens (tertiary/aromatic N) is 3. The second-order valence-electron chi connectivity index (χ2n) is 5.72. The van der Waals surface area contributed by atoms with Crippen molar-refractivity contribution in [2.75, 3.05) is 11.1 Å². The molecule has 0 radical (unpaired) electrons. The van der Waals surface area contributed by atoms with Crippen LogP contribution < -0.4 is 16.6 Å². The van der Waals surface area contributed by atoms with Gasteiger partial charge >= 0.3 is 5.69 Å². The van der Waals surface area contributed by atoms with Gasteiger partial charge in [0.25, 0.3) is 10.8 Å². The van der Waals surface area contributed by atoms with Crippen molar-refractivity contribution in [3.05, 3.63) is 68.8 Å². The lowest BCUT2D eigenvalue weighted by Crippen LogP contribution is -2.29. The molecule has 1 aromatic carbocycles. The molecule has 3 aromatic rings. The number of aromatic nitrogens is 4. The highest BCUT2D eigenvalue weighted by molar-refractivity contribution is 7.99. The first-order chi connectivity index (χ1) is 13.0. The molecule has 0 aliphatic carbocycles. The minimum absolute atomic E-state index is 0.134. The molecule has 2 heterocycles. The molecular formula is C17H17N5O4S. The Morgan fingerprint density at radius 1 is 1.22 bits per heavy atom. The number of rotatable bonds is 7. The number of hydrogen-bond acceptors (Lipinski definition) is 7. The summed E-state index contributed by atoms with van der Waals surface area (Å²) in [5.74, 6) is 0.299. The van der Waals surface area contributed by atoms with E-state index in [1.807, 2.05) is 31.2 Å². The molecule has 2 aromatic heterocycles. The van der Waals surface area contributed by atoms with Crippen LogP contribution in [0.15, 0.2) is 55.8 Å². The molecule has 0 aliphatic heterocycles. The molecule has 27 heavy (non-hydrogen) atoms. The highest BCUT2D eigenvalue weighted by Crippen LogP contribution is 2.17. The number of aromatic amines is 1. The third-order valence-electron chi connectivity index (χ3n) is 3.57. The molecule has 0 fully saturated rings. The fourth-order valence-electron chi connectivity index (χ4n) is 2.20. The lowest BCUT2D eigenvalue weighted by Gasteiger charge is -2.04. The third kappa shape index (κ3) is 5.42. The van der Waals surface area contributed by atoms with Crippen molar-refractivity contribution in [1.29, 1.82) is 0 Å². The normalized spacial score (nSPS) is 10.7. The van der Waals surface area contributed by atoms with Crippen molar-refractivity contribution in [2.24, 2.45) is 0 Å². The van der Waals surface area contributed by atoms with Gasteiger partial charge < -0.3 is 14.3 Å². The smallest absolute Gasteiger partial charge is 0.328 e. The predicted octanol–water partition coefficient (Wildman–Crippen LogP) is 1.20. The number of thioether (sulfide) groups is 1. The number of benzene rings is 1. The Hall–Kier alpha value is -3.14. The van der Waals surface area contributed by atoms with E-state index in [-0.39, 0.29) is 23.4 Å². The number of aryl methyl sites for hydroxylation is 3. The summed E-state index contributed by atoms with van der Waals surface area (Å²) in [4.78, 5) is 36.8. The fourth-order valence-corrected chi connectivity index (χ4v) is 2.78. The number of anilines is 1. The minimum atomic E-state index is -0.496. The van der Waals surface area contributed by atoms with Gasteiger partial charge in [0, 0.05) is 30.9 Å². The van der Waals surface area contributed by atoms with Crippen LogP contribution in [0.2, 0.25) is 0 Å². The van der Waals surface area contributed by atoms with Gasteiger partial charge in [0.05, 0.1) is 5.75 Å². The Labute approximate surface area is 157 Å². The summed E-state index contributed by atoms with van der Waals surface area (Å²) in [5, 5.41) is 10.8. The van der Waals surface area contributed by atoms with Gasteiger partial charge in [-0.15, -0.1) is 10.2 Å². The second-order valence-corrected chi connectivity index (χ2v) is 6.64. The van der Waals surface area contributed by atoms with Crippen LogP contribution in [0.3, 0.4) is 0 Å². The average molecular weight is 387 g/mol. The molecule has 0 spiro atoms. The molecule has 3 rings (SSSR count). The average Bonchev–Trinajstić information content (AvgIpc) is 3.09. The molecule has 0 bridgehead atoms. The molecule has 0 atom stereocenters. The summed E-state index contributed by atoms with van der Waals surface area (Å²) in [6.07, 6.45) is 1.73. The van der Waals surface area contributed by atoms with Gasteiger partial charge in [0.15, 0.2) is 0 Å². The van der Waals surface area contributed by atoms with E-state index < -0.39 is 11.2 Å². The molecule has 0 saturated carbocycles. The van der Waals surface area contributed by atoms with Crippen LogP contribution in [0, 0.1) is 6.92 Å². The van der Waals surface area contributed by atoms with Gasteiger partial charge in [0.1, 0.15) is 0 Å². The van der Waals surface area contributed by atoms with Gasteiger partial charge in [-0.25, -0.2) is 4.79 Å². The first-order valence-electron chi connectivity index (χ1n) is 8.11. The molecule has 0 saturated heterocycles. The van der Waals surface area contributed by atoms with Crippen molar-refractivity contribution >= 4 is 23.4 Å². The van der Waals surface area contributed by atoms with E-state index in [4.69, 9.17) is 4.42 Å². The Balaban J connectivity index is 1.48. The van der Waals surface area contributed by atoms with Crippen LogP contribution in [0.1, 0.15) is 11.5 Å². The third-order valence-corrected chi connectivity index (χ3v) is 4.39. The van der Waals surface area contributed by atoms with Crippen molar-refractivity contribution < 1.29 is 9.21 Å². The van der Waals surface area contributed by atoms with Crippen LogP contribution in [0.5, 0.6) is 0 Å². The van der Waals surface area contributed by atoms with Gasteiger partial charge in [-0.05, 0) is 19.1 Å². The van der Waals surface area contributed by atoms with E-state index >= 15 is 0 Å². The summed E-state index contributed by atoms with van der Waals surface area (Å²) in [6, 6.07) is 8.77. The topological polar surface area (TPSA) is 123 Å². The van der Waals surface area contributed by atoms with Crippen molar-refractivity contribution in [1.82, 2.24) is 19.7 Å². The quantitative estimate of drug-likeness (QED) is 0.584. The van der Waals surface area contributed by atoms with Crippen LogP contribution in [0.4, 0.5) is 5.69 Å². The zero-order valence-corrected chi connectivity index (χ0v) is 15.3. The van der Waals surface area contributed by atoms with Crippen LogP contribution in [-0.2, 0) is 17.8 Å². The van der Waals surface area contributed by atoms with Crippen molar-refractivity contribution in [2.45, 2.75) is 25.1 Å². The molecule has 10 heteroatoms. The van der Waals surface area contributed by atoms with Gasteiger partial charge in [0.2, 0.25) is 11.8 Å². The summed E-state index contributed by atoms with van der Waals surface area (Å²) < 4.78 is 6.80. The highest BCUT2D eigenvalue weighted by Gasteiger charge is 2.10. The number of carbonyl (C=O) groups excluding carboxylic acids is 1. The highest BCUT2D eigenvalue weighted by atomic mass is 32.2. The first kappa shape index (κ1) is 18.6. The largest absolute Gasteiger partial charge is 0.416 e.